The summed E-state index contributed by atoms with van der Waals surface area (Å²) in [6.07, 6.45) is 3.59. The lowest BCUT2D eigenvalue weighted by atomic mass is 10.1. The van der Waals surface area contributed by atoms with Crippen LogP contribution in [0.25, 0.3) is 11.1 Å². The van der Waals surface area contributed by atoms with Gasteiger partial charge in [-0.15, -0.1) is 0 Å². The van der Waals surface area contributed by atoms with Crippen LogP contribution < -0.4 is 20.7 Å². The lowest BCUT2D eigenvalue weighted by Crippen LogP contribution is -2.44. The summed E-state index contributed by atoms with van der Waals surface area (Å²) < 4.78 is 30.7. The summed E-state index contributed by atoms with van der Waals surface area (Å²) in [5.74, 6) is -1.30. The molecule has 12 nitrogen and oxygen atoms in total. The van der Waals surface area contributed by atoms with Crippen LogP contribution in [0.15, 0.2) is 89.6 Å². The van der Waals surface area contributed by atoms with Crippen molar-refractivity contribution in [2.45, 2.75) is 51.9 Å². The Morgan fingerprint density at radius 3 is 2.33 bits per heavy atom. The number of nitrogens with one attached hydrogen (secondary N) is 3. The molecule has 248 valence electrons. The van der Waals surface area contributed by atoms with E-state index in [0.717, 1.165) is 11.1 Å². The Bertz CT molecular complexity index is 1860. The first-order chi connectivity index (χ1) is 23.0. The first kappa shape index (κ1) is 33.5. The Labute approximate surface area is 276 Å². The maximum atomic E-state index is 14.1. The largest absolute Gasteiger partial charge is 0.486 e. The number of hydrogen-bond acceptors (Lipinski definition) is 10. The van der Waals surface area contributed by atoms with Crippen LogP contribution in [0, 0.1) is 5.82 Å². The number of aryl methyl sites for hydroxylation is 1. The summed E-state index contributed by atoms with van der Waals surface area (Å²) in [5, 5.41) is 8.19. The number of rotatable bonds is 13. The van der Waals surface area contributed by atoms with Crippen molar-refractivity contribution >= 4 is 40.8 Å². The third-order valence-corrected chi connectivity index (χ3v) is 6.81. The molecule has 0 aliphatic rings. The van der Waals surface area contributed by atoms with E-state index < -0.39 is 29.3 Å². The molecule has 0 spiro atoms. The van der Waals surface area contributed by atoms with Crippen molar-refractivity contribution in [3.05, 3.63) is 108 Å². The summed E-state index contributed by atoms with van der Waals surface area (Å²) in [6.45, 7) is 5.36. The number of esters is 1. The van der Waals surface area contributed by atoms with E-state index in [9.17, 15) is 18.8 Å². The predicted octanol–water partition coefficient (Wildman–Crippen LogP) is 5.46. The van der Waals surface area contributed by atoms with Gasteiger partial charge in [-0.2, -0.15) is 4.98 Å². The number of nitrogens with zero attached hydrogens (tertiary/aromatic N) is 3. The third-order valence-electron chi connectivity index (χ3n) is 6.81. The van der Waals surface area contributed by atoms with Gasteiger partial charge >= 0.3 is 5.97 Å². The van der Waals surface area contributed by atoms with E-state index >= 15 is 0 Å². The van der Waals surface area contributed by atoms with Crippen molar-refractivity contribution in [2.24, 2.45) is 0 Å². The first-order valence-corrected chi connectivity index (χ1v) is 15.2. The van der Waals surface area contributed by atoms with Gasteiger partial charge in [0.1, 0.15) is 23.8 Å². The minimum absolute atomic E-state index is 0.0585. The standard InChI is InChI=1S/C35H35FN6O6/c1-35(2,3)48-32(45)28(41-34-40-27-11-7-10-26(36)30(27)47-34)20-37-31(44)24-15-12-22(13-16-24)14-17-29(43)42-33-38-18-25(19-39-33)46-21-23-8-5-4-6-9-23/h4-13,15-16,18-19,28H,14,17,20-21H2,1-3H3,(H,37,44)(H,40,41)(H,38,39,42,43). The van der Waals surface area contributed by atoms with Crippen molar-refractivity contribution in [2.75, 3.05) is 17.2 Å². The maximum Gasteiger partial charge on any atom is 0.331 e. The van der Waals surface area contributed by atoms with Gasteiger partial charge in [0.15, 0.2) is 17.1 Å². The minimum Gasteiger partial charge on any atom is -0.486 e. The highest BCUT2D eigenvalue weighted by Gasteiger charge is 2.27. The molecule has 3 N–H and O–H groups in total. The fourth-order valence-electron chi connectivity index (χ4n) is 4.45. The quantitative estimate of drug-likeness (QED) is 0.139. The SMILES string of the molecule is CC(C)(C)OC(=O)C(CNC(=O)c1ccc(CCC(=O)Nc2ncc(OCc3ccccc3)cn2)cc1)Nc1nc2cccc(F)c2o1. The Morgan fingerprint density at radius 2 is 1.65 bits per heavy atom. The number of hydrogen-bond donors (Lipinski definition) is 3. The van der Waals surface area contributed by atoms with Gasteiger partial charge in [0, 0.05) is 18.5 Å². The molecule has 0 aliphatic carbocycles. The molecule has 13 heteroatoms. The molecule has 2 aromatic heterocycles. The van der Waals surface area contributed by atoms with Gasteiger partial charge in [-0.05, 0) is 62.6 Å². The maximum absolute atomic E-state index is 14.1. The van der Waals surface area contributed by atoms with E-state index in [1.54, 1.807) is 51.1 Å². The molecule has 0 radical (unpaired) electrons. The summed E-state index contributed by atoms with van der Waals surface area (Å²) in [4.78, 5) is 50.8. The van der Waals surface area contributed by atoms with Crippen molar-refractivity contribution < 1.29 is 32.7 Å². The van der Waals surface area contributed by atoms with Gasteiger partial charge in [-0.1, -0.05) is 48.5 Å². The molecule has 1 atom stereocenters. The predicted molar refractivity (Wildman–Crippen MR) is 176 cm³/mol. The van der Waals surface area contributed by atoms with E-state index in [0.29, 0.717) is 24.3 Å². The lowest BCUT2D eigenvalue weighted by molar-refractivity contribution is -0.155. The molecule has 5 rings (SSSR count). The molecule has 0 bridgehead atoms. The zero-order chi connectivity index (χ0) is 34.1. The zero-order valence-corrected chi connectivity index (χ0v) is 26.7. The van der Waals surface area contributed by atoms with Crippen molar-refractivity contribution in [1.29, 1.82) is 0 Å². The van der Waals surface area contributed by atoms with Crippen LogP contribution in [0.4, 0.5) is 16.4 Å². The number of amides is 2. The van der Waals surface area contributed by atoms with E-state index in [1.807, 2.05) is 30.3 Å². The molecule has 3 aromatic carbocycles. The molecule has 2 amide bonds. The number of carbonyl (C=O) groups excluding carboxylic acids is 3. The summed E-state index contributed by atoms with van der Waals surface area (Å²) >= 11 is 0. The molecule has 0 fully saturated rings. The van der Waals surface area contributed by atoms with Crippen LogP contribution in [-0.4, -0.2) is 50.9 Å². The van der Waals surface area contributed by atoms with Crippen LogP contribution >= 0.6 is 0 Å². The Hall–Kier alpha value is -5.85. The van der Waals surface area contributed by atoms with Gasteiger partial charge in [0.25, 0.3) is 11.9 Å². The molecule has 0 saturated carbocycles. The fraction of sp³-hybridized carbons (Fsp3) is 0.257. The molecule has 2 heterocycles. The Balaban J connectivity index is 1.10. The van der Waals surface area contributed by atoms with E-state index in [2.05, 4.69) is 30.9 Å². The van der Waals surface area contributed by atoms with Crippen molar-refractivity contribution in [3.8, 4) is 5.75 Å². The summed E-state index contributed by atoms with van der Waals surface area (Å²) in [7, 11) is 0. The normalized spacial score (nSPS) is 11.8. The Morgan fingerprint density at radius 1 is 0.917 bits per heavy atom. The topological polar surface area (TPSA) is 158 Å². The molecule has 0 aliphatic heterocycles. The van der Waals surface area contributed by atoms with Crippen molar-refractivity contribution in [3.63, 3.8) is 0 Å². The number of aromatic nitrogens is 3. The Kier molecular flexibility index (Phi) is 10.6. The third kappa shape index (κ3) is 9.58. The number of carbonyl (C=O) groups is 3. The van der Waals surface area contributed by atoms with E-state index in [1.165, 1.54) is 24.5 Å². The second-order valence-corrected chi connectivity index (χ2v) is 11.8. The highest BCUT2D eigenvalue weighted by atomic mass is 19.1. The second kappa shape index (κ2) is 15.2. The number of benzene rings is 3. The average molecular weight is 655 g/mol. The molecule has 5 aromatic rings. The molecular weight excluding hydrogens is 619 g/mol. The molecule has 1 unspecified atom stereocenters. The van der Waals surface area contributed by atoms with Crippen LogP contribution in [0.2, 0.25) is 0 Å². The number of anilines is 2. The fourth-order valence-corrected chi connectivity index (χ4v) is 4.45. The van der Waals surface area contributed by atoms with Gasteiger partial charge in [0.2, 0.25) is 11.9 Å². The van der Waals surface area contributed by atoms with E-state index in [4.69, 9.17) is 13.9 Å². The summed E-state index contributed by atoms with van der Waals surface area (Å²) in [6, 6.07) is 19.6. The van der Waals surface area contributed by atoms with Gasteiger partial charge in [-0.25, -0.2) is 19.2 Å². The molecule has 0 saturated heterocycles. The number of fused-ring (bicyclic) bond motifs is 1. The van der Waals surface area contributed by atoms with Gasteiger partial charge in [0.05, 0.1) is 12.4 Å². The highest BCUT2D eigenvalue weighted by molar-refractivity contribution is 5.95. The smallest absolute Gasteiger partial charge is 0.331 e. The van der Waals surface area contributed by atoms with Crippen molar-refractivity contribution in [1.82, 2.24) is 20.3 Å². The molecule has 48 heavy (non-hydrogen) atoms. The van der Waals surface area contributed by atoms with Crippen LogP contribution in [0.5, 0.6) is 5.75 Å². The number of oxazole rings is 1. The number of ether oxygens (including phenoxy) is 2. The van der Waals surface area contributed by atoms with Gasteiger partial charge in [-0.3, -0.25) is 14.9 Å². The minimum atomic E-state index is -1.08. The van der Waals surface area contributed by atoms with Crippen LogP contribution in [0.1, 0.15) is 48.7 Å². The first-order valence-electron chi connectivity index (χ1n) is 15.2. The van der Waals surface area contributed by atoms with E-state index in [-0.39, 0.29) is 41.9 Å². The molecular formula is C35H35FN6O6. The lowest BCUT2D eigenvalue weighted by Gasteiger charge is -2.24. The second-order valence-electron chi connectivity index (χ2n) is 11.8. The van der Waals surface area contributed by atoms with Gasteiger partial charge < -0.3 is 24.5 Å². The highest BCUT2D eigenvalue weighted by Crippen LogP contribution is 2.22. The average Bonchev–Trinajstić information content (AvgIpc) is 3.49. The van der Waals surface area contributed by atoms with Crippen LogP contribution in [-0.2, 0) is 27.4 Å². The number of halogens is 1. The summed E-state index contributed by atoms with van der Waals surface area (Å²) in [5.41, 5.74) is 1.62. The monoisotopic (exact) mass is 654 g/mol. The zero-order valence-electron chi connectivity index (χ0n) is 26.7. The number of para-hydroxylation sites is 1. The van der Waals surface area contributed by atoms with Crippen LogP contribution in [0.3, 0.4) is 0 Å².